The van der Waals surface area contributed by atoms with Crippen molar-refractivity contribution < 1.29 is 0 Å². The highest BCUT2D eigenvalue weighted by atomic mass is 14.4. The van der Waals surface area contributed by atoms with E-state index < -0.39 is 0 Å². The maximum atomic E-state index is 4.73. The van der Waals surface area contributed by atoms with Crippen molar-refractivity contribution in [2.75, 3.05) is 0 Å². The summed E-state index contributed by atoms with van der Waals surface area (Å²) in [6.07, 6.45) is 21.7. The first-order chi connectivity index (χ1) is 13.2. The Kier molecular flexibility index (Phi) is 6.30. The standard InChI is InChI=1S/C27H42/c1-19-20(2)26(23-15-9-5-10-16-23)27(24-17-11-6-12-18-24)21(3)25(19)22-13-7-4-8-14-22/h22-25H,1,4-18H2,2-3H3. The molecule has 0 amide bonds. The SMILES string of the molecule is C=C1C(C)=C(C2CCCCC2)C(C2CCCCC2)=C(C)C1C1CCCCC1. The van der Waals surface area contributed by atoms with E-state index in [0.29, 0.717) is 5.92 Å². The molecule has 1 atom stereocenters. The lowest BCUT2D eigenvalue weighted by Crippen LogP contribution is -2.30. The number of hydrogen-bond donors (Lipinski definition) is 0. The molecule has 4 aliphatic rings. The smallest absolute Gasteiger partial charge is 0.00765 e. The molecule has 150 valence electrons. The molecule has 0 aromatic rings. The predicted molar refractivity (Wildman–Crippen MR) is 118 cm³/mol. The van der Waals surface area contributed by atoms with Gasteiger partial charge in [-0.1, -0.05) is 69.9 Å². The quantitative estimate of drug-likeness (QED) is 0.469. The Morgan fingerprint density at radius 2 is 1.04 bits per heavy atom. The summed E-state index contributed by atoms with van der Waals surface area (Å²) < 4.78 is 0. The van der Waals surface area contributed by atoms with Gasteiger partial charge >= 0.3 is 0 Å². The Labute approximate surface area is 168 Å². The average Bonchev–Trinajstić information content (AvgIpc) is 2.73. The molecular weight excluding hydrogens is 324 g/mol. The molecule has 3 saturated carbocycles. The van der Waals surface area contributed by atoms with E-state index in [9.17, 15) is 0 Å². The summed E-state index contributed by atoms with van der Waals surface area (Å²) in [7, 11) is 0. The highest BCUT2D eigenvalue weighted by Crippen LogP contribution is 2.52. The van der Waals surface area contributed by atoms with Crippen molar-refractivity contribution in [3.8, 4) is 0 Å². The third kappa shape index (κ3) is 3.88. The average molecular weight is 367 g/mol. The van der Waals surface area contributed by atoms with Crippen LogP contribution in [0.3, 0.4) is 0 Å². The van der Waals surface area contributed by atoms with Gasteiger partial charge in [-0.15, -0.1) is 0 Å². The zero-order valence-electron chi connectivity index (χ0n) is 18.1. The highest BCUT2D eigenvalue weighted by Gasteiger charge is 2.38. The molecule has 0 N–H and O–H groups in total. The van der Waals surface area contributed by atoms with Gasteiger partial charge in [0.1, 0.15) is 0 Å². The van der Waals surface area contributed by atoms with Gasteiger partial charge in [0.15, 0.2) is 0 Å². The molecule has 1 unspecified atom stereocenters. The molecule has 0 heterocycles. The summed E-state index contributed by atoms with van der Waals surface area (Å²) >= 11 is 0. The van der Waals surface area contributed by atoms with Gasteiger partial charge in [0, 0.05) is 5.92 Å². The normalized spacial score (nSPS) is 30.3. The minimum absolute atomic E-state index is 0.662. The van der Waals surface area contributed by atoms with E-state index >= 15 is 0 Å². The zero-order valence-corrected chi connectivity index (χ0v) is 18.1. The van der Waals surface area contributed by atoms with Crippen LogP contribution in [0.4, 0.5) is 0 Å². The Bertz CT molecular complexity index is 598. The molecule has 0 saturated heterocycles. The van der Waals surface area contributed by atoms with E-state index in [4.69, 9.17) is 6.58 Å². The van der Waals surface area contributed by atoms with Crippen LogP contribution in [0.5, 0.6) is 0 Å². The molecule has 0 aromatic heterocycles. The van der Waals surface area contributed by atoms with Crippen molar-refractivity contribution in [2.45, 2.75) is 110 Å². The van der Waals surface area contributed by atoms with Gasteiger partial charge in [-0.25, -0.2) is 0 Å². The maximum absolute atomic E-state index is 4.73. The van der Waals surface area contributed by atoms with E-state index in [1.807, 2.05) is 5.57 Å². The Morgan fingerprint density at radius 3 is 1.56 bits per heavy atom. The molecule has 0 spiro atoms. The number of rotatable bonds is 3. The lowest BCUT2D eigenvalue weighted by Gasteiger charge is -2.43. The topological polar surface area (TPSA) is 0 Å². The molecule has 0 nitrogen and oxygen atoms in total. The second-order valence-electron chi connectivity index (χ2n) is 10.2. The van der Waals surface area contributed by atoms with Crippen molar-refractivity contribution >= 4 is 0 Å². The van der Waals surface area contributed by atoms with E-state index in [1.165, 1.54) is 102 Å². The molecule has 0 heteroatoms. The van der Waals surface area contributed by atoms with Crippen molar-refractivity contribution in [1.29, 1.82) is 0 Å². The summed E-state index contributed by atoms with van der Waals surface area (Å²) in [5.41, 5.74) is 8.58. The van der Waals surface area contributed by atoms with Gasteiger partial charge in [-0.3, -0.25) is 0 Å². The summed E-state index contributed by atoms with van der Waals surface area (Å²) in [5, 5.41) is 0. The van der Waals surface area contributed by atoms with Gasteiger partial charge in [0.25, 0.3) is 0 Å². The Balaban J connectivity index is 1.74. The first kappa shape index (κ1) is 19.5. The second kappa shape index (κ2) is 8.71. The summed E-state index contributed by atoms with van der Waals surface area (Å²) in [4.78, 5) is 0. The maximum Gasteiger partial charge on any atom is 0.00765 e. The summed E-state index contributed by atoms with van der Waals surface area (Å²) in [6.45, 7) is 9.72. The first-order valence-corrected chi connectivity index (χ1v) is 12.3. The van der Waals surface area contributed by atoms with Crippen LogP contribution in [0, 0.1) is 23.7 Å². The fourth-order valence-electron chi connectivity index (χ4n) is 7.21. The van der Waals surface area contributed by atoms with Crippen LogP contribution in [0.1, 0.15) is 110 Å². The Morgan fingerprint density at radius 1 is 0.593 bits per heavy atom. The number of allylic oxidation sites excluding steroid dienone is 5. The van der Waals surface area contributed by atoms with Crippen LogP contribution in [0.25, 0.3) is 0 Å². The van der Waals surface area contributed by atoms with Crippen molar-refractivity contribution in [3.63, 3.8) is 0 Å². The lowest BCUT2D eigenvalue weighted by molar-refractivity contribution is 0.293. The van der Waals surface area contributed by atoms with E-state index in [1.54, 1.807) is 16.7 Å². The second-order valence-corrected chi connectivity index (χ2v) is 10.2. The van der Waals surface area contributed by atoms with Crippen LogP contribution in [0.2, 0.25) is 0 Å². The molecule has 4 rings (SSSR count). The summed E-state index contributed by atoms with van der Waals surface area (Å²) in [5.74, 6) is 3.21. The zero-order chi connectivity index (χ0) is 18.8. The van der Waals surface area contributed by atoms with E-state index in [0.717, 1.165) is 17.8 Å². The first-order valence-electron chi connectivity index (χ1n) is 12.3. The molecule has 27 heavy (non-hydrogen) atoms. The van der Waals surface area contributed by atoms with Crippen molar-refractivity contribution in [1.82, 2.24) is 0 Å². The van der Waals surface area contributed by atoms with Gasteiger partial charge in [-0.05, 0) is 92.4 Å². The van der Waals surface area contributed by atoms with Gasteiger partial charge in [-0.2, -0.15) is 0 Å². The van der Waals surface area contributed by atoms with Crippen LogP contribution in [-0.4, -0.2) is 0 Å². The van der Waals surface area contributed by atoms with Crippen LogP contribution in [-0.2, 0) is 0 Å². The molecule has 0 aliphatic heterocycles. The third-order valence-electron chi connectivity index (χ3n) is 8.59. The van der Waals surface area contributed by atoms with Gasteiger partial charge < -0.3 is 0 Å². The van der Waals surface area contributed by atoms with Crippen molar-refractivity contribution in [3.05, 3.63) is 34.4 Å². The van der Waals surface area contributed by atoms with Crippen LogP contribution in [0.15, 0.2) is 34.4 Å². The molecule has 0 radical (unpaired) electrons. The minimum Gasteiger partial charge on any atom is -0.0949 e. The largest absolute Gasteiger partial charge is 0.0949 e. The fourth-order valence-corrected chi connectivity index (χ4v) is 7.21. The Hall–Kier alpha value is -0.780. The van der Waals surface area contributed by atoms with Crippen LogP contribution < -0.4 is 0 Å². The fraction of sp³-hybridized carbons (Fsp3) is 0.778. The molecule has 4 aliphatic carbocycles. The highest BCUT2D eigenvalue weighted by molar-refractivity contribution is 5.55. The third-order valence-corrected chi connectivity index (χ3v) is 8.59. The van der Waals surface area contributed by atoms with Crippen molar-refractivity contribution in [2.24, 2.45) is 23.7 Å². The van der Waals surface area contributed by atoms with Crippen LogP contribution >= 0.6 is 0 Å². The lowest BCUT2D eigenvalue weighted by atomic mass is 9.61. The monoisotopic (exact) mass is 366 g/mol. The molecular formula is C27H42. The molecule has 0 aromatic carbocycles. The molecule has 3 fully saturated rings. The van der Waals surface area contributed by atoms with E-state index in [2.05, 4.69) is 13.8 Å². The van der Waals surface area contributed by atoms with E-state index in [-0.39, 0.29) is 0 Å². The van der Waals surface area contributed by atoms with Gasteiger partial charge in [0.2, 0.25) is 0 Å². The predicted octanol–water partition coefficient (Wildman–Crippen LogP) is 8.55. The summed E-state index contributed by atoms with van der Waals surface area (Å²) in [6, 6.07) is 0. The minimum atomic E-state index is 0.662. The number of hydrogen-bond acceptors (Lipinski definition) is 0. The van der Waals surface area contributed by atoms with Gasteiger partial charge in [0.05, 0.1) is 0 Å². The molecule has 0 bridgehead atoms.